The smallest absolute Gasteiger partial charge is 0.411 e. The predicted octanol–water partition coefficient (Wildman–Crippen LogP) is 12.6. The van der Waals surface area contributed by atoms with Gasteiger partial charge in [0.05, 0.1) is 158 Å². The maximum absolute atomic E-state index is 13.5. The van der Waals surface area contributed by atoms with E-state index in [2.05, 4.69) is 99.1 Å². The molecule has 15 heterocycles. The largest absolute Gasteiger partial charge is 0.480 e. The second-order valence-electron chi connectivity index (χ2n) is 41.8. The van der Waals surface area contributed by atoms with Gasteiger partial charge < -0.3 is 93.2 Å². The molecule has 11 saturated heterocycles. The van der Waals surface area contributed by atoms with Crippen LogP contribution < -0.4 is 20.9 Å². The predicted molar refractivity (Wildman–Crippen MR) is 555 cm³/mol. The van der Waals surface area contributed by atoms with Crippen molar-refractivity contribution in [3.63, 3.8) is 0 Å². The standard InChI is InChI=1S/C29H37N5O5S2.C18H27N3O2.C18H25NO4.C15H26N2O6.C13H17NO2.C7H9ClN2O.C4H3ClO2S2/c1-29(2,35)22-14-30-28(31-15-22)33-11-10-32(41(36,37)27-9-6-12-40-27)16-24(33)17-34-23-13-26(25(34)20-38-19-23)39-18-21-7-4-3-5-8-21;1-2-4-14(5-3-1)11-23-18-8-16-12-22-13-17(18)21(16)10-15-9-19-6-7-20-15;1-18(2,3)23-17(20)19-14-9-16(15(19)12-21-11-14)22-10-13-7-5-4-6-8-13;1-14(2,3)22-12(20)16-7-8-17(10(9-16)11(18)19)13(21)23-15(4,5)6;1-2-4-10(5-3-1)7-16-13-6-11-8-15-9-12(13)14-11;1-7(2,11)5-3-9-6(8)10-4-5;5-9(6,7)4-2-1-3-8-4/h3-9,12,14-15,23-26,35H,10-11,13,16-20H2,1-2H3;1-5,15-20H,6-13H2;4-8,14-16H,9-12H2,1-3H3;10H,7-9H2,1-6H3,(H,18,19);1-5,11-14H,6-9H2;3-4,11H,1-2H3;1-3H/t23?,24-,25?,26?;15-,16?,17?,18?;;10-;;;/m11.1.../s1. The molecule has 15 atom stereocenters. The topological polar surface area (TPSA) is 409 Å². The number of carbonyl (C=O) groups excluding carboxylic acids is 3. The number of ether oxygens (including phenoxy) is 11. The van der Waals surface area contributed by atoms with Crippen molar-refractivity contribution in [1.29, 1.82) is 0 Å². The van der Waals surface area contributed by atoms with Crippen LogP contribution in [0.3, 0.4) is 0 Å². The fraction of sp³-hybridized carbons (Fsp3) is 0.577. The van der Waals surface area contributed by atoms with Gasteiger partial charge in [-0.3, -0.25) is 19.6 Å². The Kier molecular flexibility index (Phi) is 41.1. The monoisotopic (exact) mass is 2140 g/mol. The van der Waals surface area contributed by atoms with Crippen molar-refractivity contribution >= 4 is 94.2 Å². The Labute approximate surface area is 875 Å². The summed E-state index contributed by atoms with van der Waals surface area (Å²) in [6.07, 6.45) is 9.26. The summed E-state index contributed by atoms with van der Waals surface area (Å²) >= 11 is 7.81. The maximum Gasteiger partial charge on any atom is 0.411 e. The van der Waals surface area contributed by atoms with Gasteiger partial charge in [-0.25, -0.2) is 55.9 Å². The zero-order chi connectivity index (χ0) is 105. The van der Waals surface area contributed by atoms with Gasteiger partial charge in [0, 0.05) is 136 Å². The first-order chi connectivity index (χ1) is 69.4. The average Bonchev–Trinajstić information content (AvgIpc) is 1.73. The number of nitrogens with zero attached hydrogens (tertiary/aromatic N) is 11. The summed E-state index contributed by atoms with van der Waals surface area (Å²) in [5, 5.41) is 43.5. The molecular formula is C104H144Cl2N14O22S4. The van der Waals surface area contributed by atoms with Crippen LogP contribution in [0, 0.1) is 0 Å². The number of aromatic nitrogens is 4. The molecule has 0 saturated carbocycles. The van der Waals surface area contributed by atoms with Gasteiger partial charge in [-0.15, -0.1) is 22.7 Å². The molecule has 4 aromatic heterocycles. The first-order valence-electron chi connectivity index (χ1n) is 49.8. The molecule has 146 heavy (non-hydrogen) atoms. The number of halogens is 2. The molecule has 0 spiro atoms. The van der Waals surface area contributed by atoms with E-state index in [1.807, 2.05) is 98.5 Å². The molecule has 800 valence electrons. The average molecular weight is 2140 g/mol. The zero-order valence-corrected chi connectivity index (χ0v) is 90.3. The van der Waals surface area contributed by atoms with Gasteiger partial charge in [-0.1, -0.05) is 133 Å². The van der Waals surface area contributed by atoms with Crippen molar-refractivity contribution in [2.75, 3.05) is 130 Å². The Morgan fingerprint density at radius 3 is 1.38 bits per heavy atom. The molecular weight excluding hydrogens is 2000 g/mol. The molecule has 0 radical (unpaired) electrons. The van der Waals surface area contributed by atoms with Gasteiger partial charge in [-0.05, 0) is 172 Å². The molecule has 3 amide bonds. The van der Waals surface area contributed by atoms with E-state index in [-0.39, 0.29) is 77.6 Å². The van der Waals surface area contributed by atoms with E-state index in [0.29, 0.717) is 143 Å². The van der Waals surface area contributed by atoms with Gasteiger partial charge in [0.2, 0.25) is 11.2 Å². The summed E-state index contributed by atoms with van der Waals surface area (Å²) in [7, 11) is -2.09. The highest BCUT2D eigenvalue weighted by molar-refractivity contribution is 8.15. The van der Waals surface area contributed by atoms with E-state index in [1.54, 1.807) is 115 Å². The van der Waals surface area contributed by atoms with Crippen LogP contribution in [0.15, 0.2) is 190 Å². The van der Waals surface area contributed by atoms with Crippen molar-refractivity contribution in [2.45, 2.75) is 269 Å². The minimum atomic E-state index is -3.60. The van der Waals surface area contributed by atoms with E-state index < -0.39 is 71.3 Å². The number of aliphatic hydroxyl groups is 2. The van der Waals surface area contributed by atoms with Crippen molar-refractivity contribution < 1.29 is 103 Å². The number of piperazine rings is 3. The molecule has 11 aliphatic heterocycles. The molecule has 6 N–H and O–H groups in total. The Balaban J connectivity index is 0.000000150. The Morgan fingerprint density at radius 2 is 0.925 bits per heavy atom. The third-order valence-electron chi connectivity index (χ3n) is 26.1. The highest BCUT2D eigenvalue weighted by Gasteiger charge is 2.52. The molecule has 11 aliphatic rings. The van der Waals surface area contributed by atoms with Crippen LogP contribution in [-0.2, 0) is 114 Å². The maximum atomic E-state index is 13.5. The lowest BCUT2D eigenvalue weighted by Gasteiger charge is -2.45. The van der Waals surface area contributed by atoms with Gasteiger partial charge >= 0.3 is 24.2 Å². The number of fused-ring (bicyclic) bond motifs is 8. The second-order valence-corrected chi connectivity index (χ2v) is 49.0. The molecule has 11 fully saturated rings. The van der Waals surface area contributed by atoms with Crippen LogP contribution in [-0.4, -0.2) is 338 Å². The molecule has 4 aromatic carbocycles. The SMILES string of the molecule is CC(C)(C)OC(=O)N1C2COCC1C(OCc1ccccc1)C2.CC(C)(C)OC(=O)N1CCN(C(=O)OC(C)(C)C)[C@@H](C(=O)O)C1.CC(C)(O)c1cnc(Cl)nc1.CC(C)(O)c1cnc(N2CCN(S(=O)(=O)c3cccs3)C[C@@H]2CN2C3COCC2C(OCc2ccccc2)C3)nc1.O=S(=O)(Cl)c1cccs1.c1ccc(COC2CC3COCC2N3)cc1.c1ccc(COC2CC3COCC2N3C[C@H]2CNCCN2)cc1. The number of thiophene rings is 2. The lowest BCUT2D eigenvalue weighted by Crippen LogP contribution is -2.61. The summed E-state index contributed by atoms with van der Waals surface area (Å²) in [4.78, 5) is 76.3. The number of nitrogens with one attached hydrogen (secondary N) is 3. The van der Waals surface area contributed by atoms with Crippen LogP contribution in [0.5, 0.6) is 0 Å². The summed E-state index contributed by atoms with van der Waals surface area (Å²) in [5.74, 6) is -0.655. The first-order valence-corrected chi connectivity index (χ1v) is 55.6. The highest BCUT2D eigenvalue weighted by Crippen LogP contribution is 2.39. The van der Waals surface area contributed by atoms with E-state index in [4.69, 9.17) is 74.4 Å². The molecule has 0 aliphatic carbocycles. The number of carbonyl (C=O) groups is 4. The normalized spacial score (nSPS) is 25.3. The summed E-state index contributed by atoms with van der Waals surface area (Å²) in [6, 6.07) is 48.9. The summed E-state index contributed by atoms with van der Waals surface area (Å²) in [6.45, 7) is 37.0. The quantitative estimate of drug-likeness (QED) is 0.0197. The molecule has 19 rings (SSSR count). The summed E-state index contributed by atoms with van der Waals surface area (Å²) < 4.78 is 114. The van der Waals surface area contributed by atoms with E-state index in [1.165, 1.54) is 45.8 Å². The Hall–Kier alpha value is -8.64. The fourth-order valence-electron chi connectivity index (χ4n) is 18.8. The van der Waals surface area contributed by atoms with Crippen molar-refractivity contribution in [3.05, 3.63) is 220 Å². The van der Waals surface area contributed by atoms with Gasteiger partial charge in [0.15, 0.2) is 6.04 Å². The fourth-order valence-corrected chi connectivity index (χ4v) is 23.3. The molecule has 8 aromatic rings. The molecule has 42 heteroatoms. The number of amides is 3. The van der Waals surface area contributed by atoms with Gasteiger partial charge in [-0.2, -0.15) is 4.31 Å². The van der Waals surface area contributed by atoms with Crippen LogP contribution >= 0.6 is 45.0 Å². The Morgan fingerprint density at radius 1 is 0.479 bits per heavy atom. The summed E-state index contributed by atoms with van der Waals surface area (Å²) in [5.41, 5.74) is 2.22. The number of sulfonamides is 1. The van der Waals surface area contributed by atoms with Crippen molar-refractivity contribution in [3.8, 4) is 0 Å². The number of anilines is 1. The third-order valence-corrected chi connectivity index (χ3v) is 32.6. The van der Waals surface area contributed by atoms with E-state index in [9.17, 15) is 51.3 Å². The van der Waals surface area contributed by atoms with Crippen LogP contribution in [0.2, 0.25) is 5.28 Å². The van der Waals surface area contributed by atoms with Crippen molar-refractivity contribution in [1.82, 2.24) is 64.7 Å². The van der Waals surface area contributed by atoms with Crippen molar-refractivity contribution in [2.24, 2.45) is 0 Å². The number of rotatable bonds is 23. The Bertz CT molecular complexity index is 5590. The molecule has 12 unspecified atom stereocenters. The number of aliphatic carboxylic acids is 1. The van der Waals surface area contributed by atoms with Crippen LogP contribution in [0.4, 0.5) is 20.3 Å². The van der Waals surface area contributed by atoms with Crippen LogP contribution in [0.1, 0.15) is 149 Å². The minimum Gasteiger partial charge on any atom is -0.480 e. The highest BCUT2D eigenvalue weighted by atomic mass is 35.7. The lowest BCUT2D eigenvalue weighted by molar-refractivity contribution is -0.145. The molecule has 36 nitrogen and oxygen atoms in total. The number of benzene rings is 4. The number of carboxylic acids is 1. The number of carboxylic acid groups (broad SMARTS) is 1. The van der Waals surface area contributed by atoms with E-state index >= 15 is 0 Å². The first kappa shape index (κ1) is 114. The zero-order valence-electron chi connectivity index (χ0n) is 85.5. The third kappa shape index (κ3) is 33.9. The second kappa shape index (κ2) is 52.4. The van der Waals surface area contributed by atoms with Gasteiger partial charge in [0.1, 0.15) is 25.2 Å². The molecule has 8 bridgehead atoms. The van der Waals surface area contributed by atoms with E-state index in [0.717, 1.165) is 106 Å². The number of hydrogen-bond donors (Lipinski definition) is 6. The van der Waals surface area contributed by atoms with Crippen LogP contribution in [0.25, 0.3) is 0 Å². The number of hydrogen-bond acceptors (Lipinski definition) is 33. The minimum absolute atomic E-state index is 0.00442. The lowest BCUT2D eigenvalue weighted by atomic mass is 10.0. The number of morpholine rings is 4. The van der Waals surface area contributed by atoms with Gasteiger partial charge in [0.25, 0.3) is 19.1 Å².